The van der Waals surface area contributed by atoms with Crippen LogP contribution in [0.2, 0.25) is 0 Å². The molecule has 1 aliphatic carbocycles. The van der Waals surface area contributed by atoms with Crippen molar-refractivity contribution in [1.29, 1.82) is 0 Å². The van der Waals surface area contributed by atoms with Crippen molar-refractivity contribution < 1.29 is 16.8 Å². The van der Waals surface area contributed by atoms with Crippen LogP contribution >= 0.6 is 0 Å². The zero-order valence-electron chi connectivity index (χ0n) is 14.0. The molecule has 0 amide bonds. The fraction of sp³-hybridized carbons (Fsp3) is 0.294. The van der Waals surface area contributed by atoms with E-state index in [0.717, 1.165) is 24.0 Å². The summed E-state index contributed by atoms with van der Waals surface area (Å²) in [6.45, 7) is 3.74. The van der Waals surface area contributed by atoms with Crippen molar-refractivity contribution in [3.05, 3.63) is 53.6 Å². The molecule has 2 aromatic rings. The molecule has 2 aromatic carbocycles. The summed E-state index contributed by atoms with van der Waals surface area (Å²) in [5, 5.41) is 0. The lowest BCUT2D eigenvalue weighted by atomic mass is 10.1. The molecule has 0 heterocycles. The van der Waals surface area contributed by atoms with Crippen LogP contribution in [0.15, 0.2) is 52.3 Å². The Labute approximate surface area is 148 Å². The molecule has 0 atom stereocenters. The van der Waals surface area contributed by atoms with E-state index in [0.29, 0.717) is 0 Å². The second-order valence-electron chi connectivity index (χ2n) is 6.27. The van der Waals surface area contributed by atoms with Gasteiger partial charge in [-0.05, 0) is 68.1 Å². The first-order valence-corrected chi connectivity index (χ1v) is 10.9. The molecule has 0 spiro atoms. The Morgan fingerprint density at radius 1 is 0.840 bits per heavy atom. The minimum atomic E-state index is -3.79. The van der Waals surface area contributed by atoms with Gasteiger partial charge in [-0.15, -0.1) is 0 Å². The molecule has 2 N–H and O–H groups in total. The molecule has 0 bridgehead atoms. The van der Waals surface area contributed by atoms with Gasteiger partial charge in [0.25, 0.3) is 10.0 Å². The van der Waals surface area contributed by atoms with Crippen LogP contribution in [0.4, 0.5) is 5.69 Å². The molecule has 3 rings (SSSR count). The zero-order chi connectivity index (χ0) is 18.2. The molecule has 0 radical (unpaired) electrons. The van der Waals surface area contributed by atoms with E-state index in [-0.39, 0.29) is 21.5 Å². The largest absolute Gasteiger partial charge is 0.280 e. The first-order valence-electron chi connectivity index (χ1n) is 7.90. The van der Waals surface area contributed by atoms with E-state index in [1.807, 2.05) is 13.8 Å². The number of nitrogens with one attached hydrogen (secondary N) is 2. The number of anilines is 1. The van der Waals surface area contributed by atoms with E-state index in [4.69, 9.17) is 0 Å². The number of benzene rings is 2. The molecule has 134 valence electrons. The van der Waals surface area contributed by atoms with Crippen molar-refractivity contribution in [3.8, 4) is 0 Å². The molecule has 1 fully saturated rings. The third kappa shape index (κ3) is 4.20. The highest BCUT2D eigenvalue weighted by molar-refractivity contribution is 7.92. The lowest BCUT2D eigenvalue weighted by Crippen LogP contribution is -2.25. The summed E-state index contributed by atoms with van der Waals surface area (Å²) in [5.41, 5.74) is 2.07. The Bertz CT molecular complexity index is 1010. The van der Waals surface area contributed by atoms with Gasteiger partial charge >= 0.3 is 0 Å². The number of hydrogen-bond donors (Lipinski definition) is 2. The Balaban J connectivity index is 1.87. The van der Waals surface area contributed by atoms with Crippen LogP contribution in [0.25, 0.3) is 0 Å². The molecule has 1 aliphatic rings. The van der Waals surface area contributed by atoms with Crippen molar-refractivity contribution in [2.45, 2.75) is 42.5 Å². The van der Waals surface area contributed by atoms with Crippen molar-refractivity contribution in [2.24, 2.45) is 0 Å². The maximum absolute atomic E-state index is 12.5. The molecule has 6 nitrogen and oxygen atoms in total. The maximum atomic E-state index is 12.5. The molecule has 1 saturated carbocycles. The fourth-order valence-corrected chi connectivity index (χ4v) is 4.80. The van der Waals surface area contributed by atoms with Gasteiger partial charge in [-0.1, -0.05) is 12.1 Å². The number of aryl methyl sites for hydroxylation is 2. The highest BCUT2D eigenvalue weighted by atomic mass is 32.2. The Morgan fingerprint density at radius 3 is 2.16 bits per heavy atom. The summed E-state index contributed by atoms with van der Waals surface area (Å²) in [4.78, 5) is 0.180. The van der Waals surface area contributed by atoms with Gasteiger partial charge in [-0.25, -0.2) is 21.6 Å². The fourth-order valence-electron chi connectivity index (χ4n) is 2.31. The van der Waals surface area contributed by atoms with E-state index in [2.05, 4.69) is 9.44 Å². The standard InChI is InChI=1S/C17H20N2O4S2/c1-12-6-9-17(10-13(12)2)25(22,23)19-15-4-3-5-16(11-15)24(20,21)18-14-7-8-14/h3-6,9-11,14,18-19H,7-8H2,1-2H3. The molecule has 25 heavy (non-hydrogen) atoms. The molecule has 0 aromatic heterocycles. The molecule has 0 saturated heterocycles. The lowest BCUT2D eigenvalue weighted by Gasteiger charge is -2.11. The maximum Gasteiger partial charge on any atom is 0.261 e. The van der Waals surface area contributed by atoms with E-state index >= 15 is 0 Å². The average molecular weight is 380 g/mol. The van der Waals surface area contributed by atoms with Gasteiger partial charge in [-0.2, -0.15) is 0 Å². The Hall–Kier alpha value is -1.90. The van der Waals surface area contributed by atoms with Crippen LogP contribution in [-0.4, -0.2) is 22.9 Å². The monoisotopic (exact) mass is 380 g/mol. The number of sulfonamides is 2. The van der Waals surface area contributed by atoms with Crippen molar-refractivity contribution >= 4 is 25.7 Å². The van der Waals surface area contributed by atoms with Gasteiger partial charge in [0.15, 0.2) is 0 Å². The smallest absolute Gasteiger partial charge is 0.261 e. The van der Waals surface area contributed by atoms with E-state index in [1.54, 1.807) is 12.1 Å². The highest BCUT2D eigenvalue weighted by Gasteiger charge is 2.28. The normalized spacial score (nSPS) is 15.1. The van der Waals surface area contributed by atoms with Crippen molar-refractivity contribution in [3.63, 3.8) is 0 Å². The van der Waals surface area contributed by atoms with Crippen LogP contribution in [0, 0.1) is 13.8 Å². The predicted molar refractivity (Wildman–Crippen MR) is 96.5 cm³/mol. The Kier molecular flexibility index (Phi) is 4.61. The summed E-state index contributed by atoms with van der Waals surface area (Å²) in [6.07, 6.45) is 1.66. The molecular formula is C17H20N2O4S2. The van der Waals surface area contributed by atoms with Gasteiger partial charge in [0, 0.05) is 6.04 Å². The molecule has 0 unspecified atom stereocenters. The molecular weight excluding hydrogens is 360 g/mol. The minimum Gasteiger partial charge on any atom is -0.280 e. The first kappa shape index (κ1) is 17.9. The van der Waals surface area contributed by atoms with Gasteiger partial charge in [0.1, 0.15) is 0 Å². The van der Waals surface area contributed by atoms with Crippen molar-refractivity contribution in [1.82, 2.24) is 4.72 Å². The predicted octanol–water partition coefficient (Wildman–Crippen LogP) is 2.54. The van der Waals surface area contributed by atoms with Gasteiger partial charge in [0.2, 0.25) is 10.0 Å². The van der Waals surface area contributed by atoms with E-state index in [9.17, 15) is 16.8 Å². The van der Waals surface area contributed by atoms with E-state index in [1.165, 1.54) is 30.3 Å². The summed E-state index contributed by atoms with van der Waals surface area (Å²) in [5.74, 6) is 0. The quantitative estimate of drug-likeness (QED) is 0.805. The van der Waals surface area contributed by atoms with Crippen LogP contribution in [0.5, 0.6) is 0 Å². The second kappa shape index (κ2) is 6.44. The van der Waals surface area contributed by atoms with Gasteiger partial charge in [0.05, 0.1) is 15.5 Å². The van der Waals surface area contributed by atoms with Crippen LogP contribution in [0.1, 0.15) is 24.0 Å². The summed E-state index contributed by atoms with van der Waals surface area (Å²) in [6, 6.07) is 10.6. The van der Waals surface area contributed by atoms with Crippen LogP contribution in [-0.2, 0) is 20.0 Å². The lowest BCUT2D eigenvalue weighted by molar-refractivity contribution is 0.581. The molecule has 8 heteroatoms. The summed E-state index contributed by atoms with van der Waals surface area (Å²) in [7, 11) is -7.43. The molecule has 0 aliphatic heterocycles. The average Bonchev–Trinajstić information content (AvgIpc) is 3.33. The first-order chi connectivity index (χ1) is 11.7. The minimum absolute atomic E-state index is 0.0131. The summed E-state index contributed by atoms with van der Waals surface area (Å²) >= 11 is 0. The van der Waals surface area contributed by atoms with Gasteiger partial charge in [-0.3, -0.25) is 4.72 Å². The Morgan fingerprint density at radius 2 is 1.52 bits per heavy atom. The van der Waals surface area contributed by atoms with Crippen LogP contribution < -0.4 is 9.44 Å². The number of rotatable bonds is 6. The zero-order valence-corrected chi connectivity index (χ0v) is 15.6. The van der Waals surface area contributed by atoms with E-state index < -0.39 is 20.0 Å². The van der Waals surface area contributed by atoms with Crippen LogP contribution in [0.3, 0.4) is 0 Å². The highest BCUT2D eigenvalue weighted by Crippen LogP contribution is 2.24. The van der Waals surface area contributed by atoms with Gasteiger partial charge < -0.3 is 0 Å². The third-order valence-corrected chi connectivity index (χ3v) is 6.98. The summed E-state index contributed by atoms with van der Waals surface area (Å²) < 4.78 is 54.6. The second-order valence-corrected chi connectivity index (χ2v) is 9.67. The SMILES string of the molecule is Cc1ccc(S(=O)(=O)Nc2cccc(S(=O)(=O)NC3CC3)c2)cc1C. The number of hydrogen-bond acceptors (Lipinski definition) is 4. The third-order valence-electron chi connectivity index (χ3n) is 4.08. The topological polar surface area (TPSA) is 92.3 Å². The van der Waals surface area contributed by atoms with Crippen molar-refractivity contribution in [2.75, 3.05) is 4.72 Å².